The molecule has 0 aromatic heterocycles. The zero-order valence-electron chi connectivity index (χ0n) is 19.3. The molecule has 0 fully saturated rings. The molecule has 3 rings (SSSR count). The number of nitrogens with zero attached hydrogens (tertiary/aromatic N) is 2. The van der Waals surface area contributed by atoms with E-state index in [9.17, 15) is 23.3 Å². The van der Waals surface area contributed by atoms with Crippen LogP contribution in [-0.2, 0) is 16.6 Å². The van der Waals surface area contributed by atoms with E-state index in [-0.39, 0.29) is 29.7 Å². The van der Waals surface area contributed by atoms with Crippen molar-refractivity contribution in [1.82, 2.24) is 5.32 Å². The van der Waals surface area contributed by atoms with Crippen LogP contribution in [0.25, 0.3) is 0 Å². The number of carbonyl (C=O) groups is 1. The summed E-state index contributed by atoms with van der Waals surface area (Å²) < 4.78 is 26.1. The molecule has 0 aliphatic carbocycles. The van der Waals surface area contributed by atoms with Gasteiger partial charge in [-0.15, -0.1) is 0 Å². The minimum Gasteiger partial charge on any atom is -0.351 e. The van der Waals surface area contributed by atoms with Gasteiger partial charge in [0.1, 0.15) is 0 Å². The zero-order valence-corrected chi connectivity index (χ0v) is 20.1. The largest absolute Gasteiger partial charge is 0.351 e. The van der Waals surface area contributed by atoms with Gasteiger partial charge in [-0.3, -0.25) is 19.2 Å². The molecule has 3 aromatic carbocycles. The number of hydrogen-bond acceptors (Lipinski definition) is 5. The van der Waals surface area contributed by atoms with Crippen LogP contribution in [0.5, 0.6) is 0 Å². The van der Waals surface area contributed by atoms with Crippen molar-refractivity contribution >= 4 is 27.3 Å². The van der Waals surface area contributed by atoms with E-state index in [0.717, 1.165) is 16.1 Å². The van der Waals surface area contributed by atoms with Crippen LogP contribution >= 0.6 is 0 Å². The summed E-state index contributed by atoms with van der Waals surface area (Å²) in [5, 5.41) is 14.1. The number of nitro benzene ring substituents is 1. The van der Waals surface area contributed by atoms with E-state index in [1.807, 2.05) is 37.3 Å². The van der Waals surface area contributed by atoms with Gasteiger partial charge in [-0.2, -0.15) is 0 Å². The predicted octanol–water partition coefficient (Wildman–Crippen LogP) is 4.40. The summed E-state index contributed by atoms with van der Waals surface area (Å²) in [7, 11) is -3.72. The molecule has 0 aliphatic rings. The molecule has 0 spiro atoms. The molecule has 178 valence electrons. The Bertz CT molecular complexity index is 1280. The van der Waals surface area contributed by atoms with Gasteiger partial charge in [-0.25, -0.2) is 8.42 Å². The molecule has 0 unspecified atom stereocenters. The lowest BCUT2D eigenvalue weighted by Crippen LogP contribution is -2.30. The Hall–Kier alpha value is -3.72. The number of carbonyl (C=O) groups excluding carboxylic acids is 1. The zero-order chi connectivity index (χ0) is 24.9. The average Bonchev–Trinajstić information content (AvgIpc) is 2.81. The number of anilines is 1. The molecule has 0 saturated carbocycles. The number of hydrogen-bond donors (Lipinski definition) is 1. The second-order valence-electron chi connectivity index (χ2n) is 8.22. The van der Waals surface area contributed by atoms with E-state index in [4.69, 9.17) is 0 Å². The van der Waals surface area contributed by atoms with Gasteiger partial charge in [0.15, 0.2) is 0 Å². The maximum absolute atomic E-state index is 12.6. The second kappa shape index (κ2) is 10.5. The summed E-state index contributed by atoms with van der Waals surface area (Å²) in [6, 6.07) is 20.7. The van der Waals surface area contributed by atoms with Crippen LogP contribution in [0, 0.1) is 17.0 Å². The summed E-state index contributed by atoms with van der Waals surface area (Å²) in [4.78, 5) is 23.2. The number of nitrogens with one attached hydrogen (secondary N) is 1. The molecule has 1 atom stereocenters. The van der Waals surface area contributed by atoms with Crippen LogP contribution in [-0.4, -0.2) is 32.0 Å². The first-order valence-corrected chi connectivity index (χ1v) is 12.6. The molecule has 34 heavy (non-hydrogen) atoms. The van der Waals surface area contributed by atoms with Crippen molar-refractivity contribution in [2.45, 2.75) is 26.3 Å². The van der Waals surface area contributed by atoms with Crippen molar-refractivity contribution in [3.8, 4) is 0 Å². The first-order chi connectivity index (χ1) is 16.1. The molecule has 9 heteroatoms. The van der Waals surface area contributed by atoms with Crippen LogP contribution < -0.4 is 9.62 Å². The third-order valence-electron chi connectivity index (χ3n) is 5.55. The van der Waals surface area contributed by atoms with Crippen molar-refractivity contribution in [1.29, 1.82) is 0 Å². The van der Waals surface area contributed by atoms with Crippen LogP contribution in [0.15, 0.2) is 72.8 Å². The average molecular weight is 482 g/mol. The van der Waals surface area contributed by atoms with Crippen LogP contribution in [0.3, 0.4) is 0 Å². The van der Waals surface area contributed by atoms with Gasteiger partial charge in [0.25, 0.3) is 11.6 Å². The minimum atomic E-state index is -3.72. The van der Waals surface area contributed by atoms with Crippen molar-refractivity contribution in [3.05, 3.63) is 105 Å². The fraction of sp³-hybridized carbons (Fsp3) is 0.240. The van der Waals surface area contributed by atoms with Crippen molar-refractivity contribution in [2.75, 3.05) is 17.1 Å². The fourth-order valence-corrected chi connectivity index (χ4v) is 4.47. The first-order valence-electron chi connectivity index (χ1n) is 10.7. The fourth-order valence-electron chi connectivity index (χ4n) is 3.54. The second-order valence-corrected chi connectivity index (χ2v) is 10.1. The van der Waals surface area contributed by atoms with Gasteiger partial charge >= 0.3 is 0 Å². The molecule has 8 nitrogen and oxygen atoms in total. The SMILES string of the molecule is Cc1ccc([N+](=O)[O-])cc1N(Cc1ccc(C(=O)NC[C@@H](C)c2ccccc2)cc1)S(C)(=O)=O. The molecule has 0 bridgehead atoms. The molecule has 0 saturated heterocycles. The number of non-ortho nitro benzene ring substituents is 1. The van der Waals surface area contributed by atoms with Crippen LogP contribution in [0.4, 0.5) is 11.4 Å². The highest BCUT2D eigenvalue weighted by Crippen LogP contribution is 2.29. The summed E-state index contributed by atoms with van der Waals surface area (Å²) in [6.45, 7) is 4.20. The van der Waals surface area contributed by atoms with Gasteiger partial charge in [0.2, 0.25) is 10.0 Å². The molecule has 0 heterocycles. The number of amides is 1. The van der Waals surface area contributed by atoms with Crippen molar-refractivity contribution in [3.63, 3.8) is 0 Å². The standard InChI is InChI=1S/C25H27N3O5S/c1-18-9-14-23(28(30)31)15-24(18)27(34(3,32)33)17-20-10-12-22(13-11-20)25(29)26-16-19(2)21-7-5-4-6-8-21/h4-15,19H,16-17H2,1-3H3,(H,26,29)/t19-/m1/s1. The monoisotopic (exact) mass is 481 g/mol. The van der Waals surface area contributed by atoms with E-state index in [1.54, 1.807) is 31.2 Å². The molecule has 1 amide bonds. The van der Waals surface area contributed by atoms with Gasteiger partial charge in [0.05, 0.1) is 23.4 Å². The minimum absolute atomic E-state index is 0.0201. The smallest absolute Gasteiger partial charge is 0.271 e. The third kappa shape index (κ3) is 6.20. The van der Waals surface area contributed by atoms with E-state index in [0.29, 0.717) is 23.2 Å². The van der Waals surface area contributed by atoms with Gasteiger partial charge in [-0.1, -0.05) is 55.5 Å². The lowest BCUT2D eigenvalue weighted by atomic mass is 10.0. The molecular formula is C25H27N3O5S. The van der Waals surface area contributed by atoms with Crippen LogP contribution in [0.1, 0.15) is 39.9 Å². The third-order valence-corrected chi connectivity index (χ3v) is 6.68. The Morgan fingerprint density at radius 1 is 1.06 bits per heavy atom. The maximum Gasteiger partial charge on any atom is 0.271 e. The normalized spacial score (nSPS) is 12.1. The van der Waals surface area contributed by atoms with E-state index < -0.39 is 14.9 Å². The van der Waals surface area contributed by atoms with Gasteiger partial charge in [-0.05, 0) is 41.7 Å². The highest BCUT2D eigenvalue weighted by atomic mass is 32.2. The molecule has 0 radical (unpaired) electrons. The summed E-state index contributed by atoms with van der Waals surface area (Å²) in [5.74, 6) is -0.0604. The highest BCUT2D eigenvalue weighted by Gasteiger charge is 2.22. The quantitative estimate of drug-likeness (QED) is 0.360. The number of nitro groups is 1. The summed E-state index contributed by atoms with van der Waals surface area (Å²) in [5.41, 5.74) is 2.89. The predicted molar refractivity (Wildman–Crippen MR) is 132 cm³/mol. The van der Waals surface area contributed by atoms with Gasteiger partial charge < -0.3 is 5.32 Å². The number of rotatable bonds is 9. The number of sulfonamides is 1. The lowest BCUT2D eigenvalue weighted by molar-refractivity contribution is -0.384. The topological polar surface area (TPSA) is 110 Å². The maximum atomic E-state index is 12.6. The highest BCUT2D eigenvalue weighted by molar-refractivity contribution is 7.92. The van der Waals surface area contributed by atoms with E-state index in [2.05, 4.69) is 5.32 Å². The first kappa shape index (κ1) is 24.9. The van der Waals surface area contributed by atoms with Gasteiger partial charge in [0, 0.05) is 24.2 Å². The Labute approximate surface area is 199 Å². The van der Waals surface area contributed by atoms with E-state index >= 15 is 0 Å². The Morgan fingerprint density at radius 3 is 2.29 bits per heavy atom. The Balaban J connectivity index is 1.73. The molecule has 0 aliphatic heterocycles. The Morgan fingerprint density at radius 2 is 1.71 bits per heavy atom. The number of benzene rings is 3. The lowest BCUT2D eigenvalue weighted by Gasteiger charge is -2.24. The van der Waals surface area contributed by atoms with Crippen molar-refractivity contribution < 1.29 is 18.1 Å². The molecule has 1 N–H and O–H groups in total. The number of aryl methyl sites for hydroxylation is 1. The molecule has 3 aromatic rings. The van der Waals surface area contributed by atoms with Crippen LogP contribution in [0.2, 0.25) is 0 Å². The molecular weight excluding hydrogens is 454 g/mol. The van der Waals surface area contributed by atoms with E-state index in [1.165, 1.54) is 18.2 Å². The summed E-state index contributed by atoms with van der Waals surface area (Å²) >= 11 is 0. The van der Waals surface area contributed by atoms with Crippen molar-refractivity contribution in [2.24, 2.45) is 0 Å². The summed E-state index contributed by atoms with van der Waals surface area (Å²) in [6.07, 6.45) is 1.06. The Kier molecular flexibility index (Phi) is 7.68.